The number of halogens is 2. The summed E-state index contributed by atoms with van der Waals surface area (Å²) in [5.41, 5.74) is 1.89. The van der Waals surface area contributed by atoms with Gasteiger partial charge in [-0.25, -0.2) is 0 Å². The van der Waals surface area contributed by atoms with Crippen LogP contribution >= 0.6 is 27.5 Å². The fraction of sp³-hybridized carbons (Fsp3) is 0.235. The Morgan fingerprint density at radius 3 is 2.69 bits per heavy atom. The summed E-state index contributed by atoms with van der Waals surface area (Å²) in [5, 5.41) is 17.4. The van der Waals surface area contributed by atoms with Crippen LogP contribution in [-0.2, 0) is 13.2 Å². The van der Waals surface area contributed by atoms with Crippen molar-refractivity contribution in [3.05, 3.63) is 57.0 Å². The Morgan fingerprint density at radius 2 is 1.96 bits per heavy atom. The second-order valence-electron chi connectivity index (χ2n) is 5.29. The number of hydrogen-bond acceptors (Lipinski definition) is 6. The Balaban J connectivity index is 1.76. The summed E-state index contributed by atoms with van der Waals surface area (Å²) < 4.78 is 12.6. The van der Waals surface area contributed by atoms with E-state index in [-0.39, 0.29) is 0 Å². The molecule has 2 aromatic carbocycles. The molecule has 0 spiro atoms. The van der Waals surface area contributed by atoms with Crippen molar-refractivity contribution >= 4 is 33.5 Å². The Labute approximate surface area is 164 Å². The lowest BCUT2D eigenvalue weighted by molar-refractivity contribution is 0.269. The topological polar surface area (TPSA) is 85.0 Å². The highest BCUT2D eigenvalue weighted by molar-refractivity contribution is 9.10. The van der Waals surface area contributed by atoms with E-state index in [4.69, 9.17) is 21.1 Å². The number of H-pyrrole nitrogens is 1. The van der Waals surface area contributed by atoms with E-state index in [1.54, 1.807) is 0 Å². The molecular formula is C17H17BrClN5O2. The monoisotopic (exact) mass is 437 g/mol. The van der Waals surface area contributed by atoms with Crippen LogP contribution in [0.25, 0.3) is 0 Å². The first-order valence-corrected chi connectivity index (χ1v) is 9.13. The molecule has 9 heteroatoms. The molecule has 0 saturated carbocycles. The Hall–Kier alpha value is -2.32. The van der Waals surface area contributed by atoms with Gasteiger partial charge < -0.3 is 14.8 Å². The third-order valence-corrected chi connectivity index (χ3v) is 4.64. The molecule has 1 heterocycles. The van der Waals surface area contributed by atoms with Crippen LogP contribution in [0.15, 0.2) is 40.9 Å². The molecule has 0 aliphatic heterocycles. The van der Waals surface area contributed by atoms with Crippen LogP contribution in [0.5, 0.6) is 11.5 Å². The molecule has 7 nitrogen and oxygen atoms in total. The largest absolute Gasteiger partial charge is 0.490 e. The predicted octanol–water partition coefficient (Wildman–Crippen LogP) is 4.21. The average Bonchev–Trinajstić information content (AvgIpc) is 3.15. The molecule has 0 radical (unpaired) electrons. The maximum absolute atomic E-state index is 6.19. The van der Waals surface area contributed by atoms with Gasteiger partial charge in [-0.15, -0.1) is 5.10 Å². The van der Waals surface area contributed by atoms with Crippen LogP contribution in [0, 0.1) is 0 Å². The molecule has 26 heavy (non-hydrogen) atoms. The zero-order chi connectivity index (χ0) is 18.4. The van der Waals surface area contributed by atoms with Gasteiger partial charge in [-0.2, -0.15) is 5.21 Å². The quantitative estimate of drug-likeness (QED) is 0.548. The first kappa shape index (κ1) is 18.5. The molecule has 0 saturated heterocycles. The summed E-state index contributed by atoms with van der Waals surface area (Å²) in [7, 11) is 0. The highest BCUT2D eigenvalue weighted by Gasteiger charge is 2.12. The van der Waals surface area contributed by atoms with Gasteiger partial charge in [0.25, 0.3) is 5.95 Å². The number of nitrogens with zero attached hydrogens (tertiary/aromatic N) is 3. The van der Waals surface area contributed by atoms with Gasteiger partial charge in [0.15, 0.2) is 11.5 Å². The van der Waals surface area contributed by atoms with Crippen molar-refractivity contribution in [3.8, 4) is 11.5 Å². The summed E-state index contributed by atoms with van der Waals surface area (Å²) in [6.07, 6.45) is 0. The van der Waals surface area contributed by atoms with Gasteiger partial charge in [0.05, 0.1) is 6.61 Å². The molecule has 0 amide bonds. The van der Waals surface area contributed by atoms with Crippen LogP contribution < -0.4 is 14.8 Å². The number of nitrogens with one attached hydrogen (secondary N) is 2. The summed E-state index contributed by atoms with van der Waals surface area (Å²) in [6, 6.07) is 11.4. The minimum Gasteiger partial charge on any atom is -0.490 e. The SMILES string of the molecule is CCOc1cc(CNc2nn[nH]n2)c(Br)cc1OCc1ccccc1Cl. The van der Waals surface area contributed by atoms with Crippen LogP contribution in [0.3, 0.4) is 0 Å². The number of aromatic amines is 1. The lowest BCUT2D eigenvalue weighted by Gasteiger charge is -2.15. The molecule has 0 atom stereocenters. The lowest BCUT2D eigenvalue weighted by atomic mass is 10.2. The van der Waals surface area contributed by atoms with Crippen LogP contribution in [0.4, 0.5) is 5.95 Å². The van der Waals surface area contributed by atoms with Crippen molar-refractivity contribution in [3.63, 3.8) is 0 Å². The third kappa shape index (κ3) is 4.64. The molecule has 0 unspecified atom stereocenters. The van der Waals surface area contributed by atoms with Gasteiger partial charge in [0.1, 0.15) is 6.61 Å². The van der Waals surface area contributed by atoms with Crippen molar-refractivity contribution in [2.45, 2.75) is 20.1 Å². The Bertz CT molecular complexity index is 860. The lowest BCUT2D eigenvalue weighted by Crippen LogP contribution is -2.05. The molecule has 1 aromatic heterocycles. The normalized spacial score (nSPS) is 10.6. The van der Waals surface area contributed by atoms with Crippen molar-refractivity contribution in [1.82, 2.24) is 20.6 Å². The third-order valence-electron chi connectivity index (χ3n) is 3.54. The summed E-state index contributed by atoms with van der Waals surface area (Å²) >= 11 is 9.76. The van der Waals surface area contributed by atoms with E-state index in [2.05, 4.69) is 41.9 Å². The molecule has 0 aliphatic carbocycles. The number of ether oxygens (including phenoxy) is 2. The fourth-order valence-corrected chi connectivity index (χ4v) is 2.93. The summed E-state index contributed by atoms with van der Waals surface area (Å²) in [5.74, 6) is 1.73. The van der Waals surface area contributed by atoms with Crippen molar-refractivity contribution < 1.29 is 9.47 Å². The van der Waals surface area contributed by atoms with E-state index in [9.17, 15) is 0 Å². The predicted molar refractivity (Wildman–Crippen MR) is 103 cm³/mol. The van der Waals surface area contributed by atoms with Gasteiger partial charge in [-0.1, -0.05) is 50.8 Å². The number of rotatable bonds is 8. The van der Waals surface area contributed by atoms with E-state index >= 15 is 0 Å². The second-order valence-corrected chi connectivity index (χ2v) is 6.55. The van der Waals surface area contributed by atoms with Gasteiger partial charge in [0.2, 0.25) is 0 Å². The molecule has 3 rings (SSSR count). The first-order valence-electron chi connectivity index (χ1n) is 7.96. The maximum atomic E-state index is 6.19. The van der Waals surface area contributed by atoms with Crippen LogP contribution in [0.1, 0.15) is 18.1 Å². The summed E-state index contributed by atoms with van der Waals surface area (Å²) in [4.78, 5) is 0. The molecule has 3 aromatic rings. The Morgan fingerprint density at radius 1 is 1.15 bits per heavy atom. The van der Waals surface area contributed by atoms with E-state index in [1.165, 1.54) is 0 Å². The number of tetrazole rings is 1. The first-order chi connectivity index (χ1) is 12.7. The minimum absolute atomic E-state index is 0.354. The standard InChI is InChI=1S/C17H17BrClN5O2/c1-2-25-15-7-12(9-20-17-21-23-24-22-17)13(18)8-16(15)26-10-11-5-3-4-6-14(11)19/h3-8H,2,9-10H2,1H3,(H2,20,21,22,23,24). The molecular weight excluding hydrogens is 422 g/mol. The van der Waals surface area contributed by atoms with E-state index < -0.39 is 0 Å². The highest BCUT2D eigenvalue weighted by Crippen LogP contribution is 2.35. The van der Waals surface area contributed by atoms with Crippen LogP contribution in [0.2, 0.25) is 5.02 Å². The van der Waals surface area contributed by atoms with E-state index in [0.717, 1.165) is 15.6 Å². The van der Waals surface area contributed by atoms with Crippen LogP contribution in [-0.4, -0.2) is 27.2 Å². The molecule has 0 fully saturated rings. The zero-order valence-electron chi connectivity index (χ0n) is 14.0. The highest BCUT2D eigenvalue weighted by atomic mass is 79.9. The fourth-order valence-electron chi connectivity index (χ4n) is 2.28. The van der Waals surface area contributed by atoms with Gasteiger partial charge >= 0.3 is 0 Å². The van der Waals surface area contributed by atoms with E-state index in [1.807, 2.05) is 43.3 Å². The average molecular weight is 439 g/mol. The second kappa shape index (κ2) is 8.86. The van der Waals surface area contributed by atoms with Crippen molar-refractivity contribution in [1.29, 1.82) is 0 Å². The molecule has 2 N–H and O–H groups in total. The number of benzene rings is 2. The molecule has 0 bridgehead atoms. The molecule has 0 aliphatic rings. The van der Waals surface area contributed by atoms with Gasteiger partial charge in [0, 0.05) is 21.6 Å². The smallest absolute Gasteiger partial charge is 0.263 e. The zero-order valence-corrected chi connectivity index (χ0v) is 16.3. The maximum Gasteiger partial charge on any atom is 0.263 e. The number of hydrogen-bond donors (Lipinski definition) is 2. The summed E-state index contributed by atoms with van der Waals surface area (Å²) in [6.45, 7) is 3.32. The number of anilines is 1. The van der Waals surface area contributed by atoms with E-state index in [0.29, 0.717) is 42.2 Å². The van der Waals surface area contributed by atoms with Gasteiger partial charge in [-0.05, 0) is 35.9 Å². The Kier molecular flexibility index (Phi) is 6.30. The minimum atomic E-state index is 0.354. The number of aromatic nitrogens is 4. The van der Waals surface area contributed by atoms with Crippen molar-refractivity contribution in [2.24, 2.45) is 0 Å². The van der Waals surface area contributed by atoms with Gasteiger partial charge in [-0.3, -0.25) is 0 Å². The molecule has 136 valence electrons. The van der Waals surface area contributed by atoms with Crippen molar-refractivity contribution in [2.75, 3.05) is 11.9 Å².